The first-order valence-electron chi connectivity index (χ1n) is 7.23. The molecule has 0 bridgehead atoms. The van der Waals surface area contributed by atoms with Gasteiger partial charge in [0.1, 0.15) is 0 Å². The highest BCUT2D eigenvalue weighted by Gasteiger charge is 2.07. The van der Waals surface area contributed by atoms with Crippen molar-refractivity contribution < 1.29 is 0 Å². The molecule has 2 nitrogen and oxygen atoms in total. The molecule has 1 aromatic rings. The van der Waals surface area contributed by atoms with E-state index in [0.717, 1.165) is 13.1 Å². The van der Waals surface area contributed by atoms with Gasteiger partial charge >= 0.3 is 0 Å². The lowest BCUT2D eigenvalue weighted by Gasteiger charge is -2.25. The summed E-state index contributed by atoms with van der Waals surface area (Å²) in [6.07, 6.45) is 11.0. The largest absolute Gasteiger partial charge is 0.367 e. The zero-order valence-electron chi connectivity index (χ0n) is 12.4. The van der Waals surface area contributed by atoms with E-state index in [9.17, 15) is 0 Å². The van der Waals surface area contributed by atoms with Crippen molar-refractivity contribution in [3.05, 3.63) is 71.5 Å². The van der Waals surface area contributed by atoms with Crippen LogP contribution < -0.4 is 5.73 Å². The maximum atomic E-state index is 5.64. The smallest absolute Gasteiger partial charge is 0.0429 e. The number of nitrogens with zero attached hydrogens (tertiary/aromatic N) is 1. The zero-order chi connectivity index (χ0) is 14.4. The molecule has 1 aromatic carbocycles. The normalized spacial score (nSPS) is 25.1. The van der Waals surface area contributed by atoms with Gasteiger partial charge in [-0.2, -0.15) is 0 Å². The Morgan fingerprint density at radius 3 is 2.55 bits per heavy atom. The summed E-state index contributed by atoms with van der Waals surface area (Å²) in [5.74, 6) is 0.472. The first kappa shape index (κ1) is 14.6. The molecule has 1 unspecified atom stereocenters. The van der Waals surface area contributed by atoms with Gasteiger partial charge in [0.2, 0.25) is 0 Å². The quantitative estimate of drug-likeness (QED) is 0.907. The predicted molar refractivity (Wildman–Crippen MR) is 85.9 cm³/mol. The van der Waals surface area contributed by atoms with Crippen LogP contribution in [0.5, 0.6) is 0 Å². The van der Waals surface area contributed by atoms with Gasteiger partial charge in [-0.3, -0.25) is 0 Å². The average Bonchev–Trinajstić information content (AvgIpc) is 2.52. The van der Waals surface area contributed by atoms with E-state index in [1.807, 2.05) is 0 Å². The second-order valence-corrected chi connectivity index (χ2v) is 5.38. The van der Waals surface area contributed by atoms with Crippen LogP contribution in [0, 0.1) is 5.92 Å². The average molecular weight is 268 g/mol. The number of hydrogen-bond acceptors (Lipinski definition) is 2. The standard InChI is InChI=1S/C18H24N2/c1-15-6-4-3-5-11-20(16(2)12-15)14-18-9-7-17(13-19)8-10-18/h3-10,12,15H,11,13-14,19H2,1-2H3/b5-3-,6-4-,16-12-. The lowest BCUT2D eigenvalue weighted by molar-refractivity contribution is 0.371. The van der Waals surface area contributed by atoms with Crippen LogP contribution in [-0.2, 0) is 13.1 Å². The molecule has 0 radical (unpaired) electrons. The third-order valence-corrected chi connectivity index (χ3v) is 3.62. The highest BCUT2D eigenvalue weighted by Crippen LogP contribution is 2.15. The number of rotatable bonds is 3. The first-order valence-corrected chi connectivity index (χ1v) is 7.23. The third kappa shape index (κ3) is 4.10. The number of hydrogen-bond donors (Lipinski definition) is 1. The Labute approximate surface area is 122 Å². The van der Waals surface area contributed by atoms with Crippen LogP contribution in [-0.4, -0.2) is 11.4 Å². The van der Waals surface area contributed by atoms with Gasteiger partial charge in [0, 0.05) is 25.3 Å². The lowest BCUT2D eigenvalue weighted by Crippen LogP contribution is -2.21. The third-order valence-electron chi connectivity index (χ3n) is 3.62. The molecule has 0 saturated carbocycles. The van der Waals surface area contributed by atoms with Gasteiger partial charge in [0.15, 0.2) is 0 Å². The maximum Gasteiger partial charge on any atom is 0.0429 e. The molecule has 0 amide bonds. The van der Waals surface area contributed by atoms with Gasteiger partial charge < -0.3 is 10.6 Å². The van der Waals surface area contributed by atoms with Crippen molar-refractivity contribution in [1.29, 1.82) is 0 Å². The van der Waals surface area contributed by atoms with Crippen LogP contribution in [0.2, 0.25) is 0 Å². The Balaban J connectivity index is 2.12. The van der Waals surface area contributed by atoms with Gasteiger partial charge in [0.25, 0.3) is 0 Å². The SMILES string of the molecule is C/C1=C/C(C)/C=C\C=C/CN1Cc1ccc(CN)cc1. The second kappa shape index (κ2) is 7.11. The van der Waals surface area contributed by atoms with Crippen molar-refractivity contribution in [2.24, 2.45) is 11.7 Å². The van der Waals surface area contributed by atoms with E-state index in [0.29, 0.717) is 12.5 Å². The van der Waals surface area contributed by atoms with Gasteiger partial charge in [0.05, 0.1) is 0 Å². The molecule has 0 fully saturated rings. The monoisotopic (exact) mass is 268 g/mol. The zero-order valence-corrected chi connectivity index (χ0v) is 12.4. The number of benzene rings is 1. The fraction of sp³-hybridized carbons (Fsp3) is 0.333. The van der Waals surface area contributed by atoms with E-state index in [1.54, 1.807) is 0 Å². The molecular formula is C18H24N2. The minimum atomic E-state index is 0.472. The predicted octanol–water partition coefficient (Wildman–Crippen LogP) is 3.61. The number of allylic oxidation sites excluding steroid dienone is 5. The fourth-order valence-corrected chi connectivity index (χ4v) is 2.38. The van der Waals surface area contributed by atoms with Gasteiger partial charge in [-0.05, 0) is 24.0 Å². The molecule has 0 aliphatic carbocycles. The molecule has 1 aliphatic heterocycles. The van der Waals surface area contributed by atoms with Crippen molar-refractivity contribution in [3.8, 4) is 0 Å². The molecule has 2 N–H and O–H groups in total. The molecule has 1 heterocycles. The van der Waals surface area contributed by atoms with E-state index >= 15 is 0 Å². The second-order valence-electron chi connectivity index (χ2n) is 5.38. The Hall–Kier alpha value is -1.80. The van der Waals surface area contributed by atoms with Crippen molar-refractivity contribution in [3.63, 3.8) is 0 Å². The summed E-state index contributed by atoms with van der Waals surface area (Å²) in [5.41, 5.74) is 9.48. The molecule has 0 spiro atoms. The summed E-state index contributed by atoms with van der Waals surface area (Å²) in [5, 5.41) is 0. The van der Waals surface area contributed by atoms with Crippen LogP contribution >= 0.6 is 0 Å². The maximum absolute atomic E-state index is 5.64. The molecular weight excluding hydrogens is 244 g/mol. The highest BCUT2D eigenvalue weighted by atomic mass is 15.1. The Morgan fingerprint density at radius 2 is 1.85 bits per heavy atom. The Bertz CT molecular complexity index is 509. The van der Waals surface area contributed by atoms with Crippen LogP contribution in [0.15, 0.2) is 60.3 Å². The minimum absolute atomic E-state index is 0.472. The molecule has 2 heteroatoms. The molecule has 0 aromatic heterocycles. The van der Waals surface area contributed by atoms with Crippen LogP contribution in [0.1, 0.15) is 25.0 Å². The van der Waals surface area contributed by atoms with Crippen molar-refractivity contribution in [2.45, 2.75) is 26.9 Å². The van der Waals surface area contributed by atoms with Gasteiger partial charge in [-0.1, -0.05) is 61.6 Å². The van der Waals surface area contributed by atoms with Crippen molar-refractivity contribution in [1.82, 2.24) is 4.90 Å². The summed E-state index contributed by atoms with van der Waals surface area (Å²) in [6.45, 7) is 6.89. The van der Waals surface area contributed by atoms with E-state index in [1.165, 1.54) is 16.8 Å². The molecule has 1 aliphatic rings. The Kier molecular flexibility index (Phi) is 5.19. The molecule has 2 rings (SSSR count). The van der Waals surface area contributed by atoms with E-state index in [-0.39, 0.29) is 0 Å². The summed E-state index contributed by atoms with van der Waals surface area (Å²) in [7, 11) is 0. The molecule has 0 saturated heterocycles. The Morgan fingerprint density at radius 1 is 1.15 bits per heavy atom. The van der Waals surface area contributed by atoms with E-state index < -0.39 is 0 Å². The van der Waals surface area contributed by atoms with E-state index in [4.69, 9.17) is 5.73 Å². The van der Waals surface area contributed by atoms with Crippen molar-refractivity contribution >= 4 is 0 Å². The van der Waals surface area contributed by atoms with Crippen LogP contribution in [0.25, 0.3) is 0 Å². The number of nitrogens with two attached hydrogens (primary N) is 1. The topological polar surface area (TPSA) is 29.3 Å². The highest BCUT2D eigenvalue weighted by molar-refractivity contribution is 5.23. The summed E-state index contributed by atoms with van der Waals surface area (Å²) < 4.78 is 0. The molecule has 106 valence electrons. The molecule has 20 heavy (non-hydrogen) atoms. The summed E-state index contributed by atoms with van der Waals surface area (Å²) in [6, 6.07) is 8.58. The fourth-order valence-electron chi connectivity index (χ4n) is 2.38. The van der Waals surface area contributed by atoms with Crippen molar-refractivity contribution in [2.75, 3.05) is 6.54 Å². The van der Waals surface area contributed by atoms with Gasteiger partial charge in [-0.15, -0.1) is 0 Å². The minimum Gasteiger partial charge on any atom is -0.367 e. The van der Waals surface area contributed by atoms with Crippen LogP contribution in [0.3, 0.4) is 0 Å². The van der Waals surface area contributed by atoms with Gasteiger partial charge in [-0.25, -0.2) is 0 Å². The molecule has 1 atom stereocenters. The summed E-state index contributed by atoms with van der Waals surface area (Å²) >= 11 is 0. The van der Waals surface area contributed by atoms with Crippen LogP contribution in [0.4, 0.5) is 0 Å². The first-order chi connectivity index (χ1) is 9.69. The lowest BCUT2D eigenvalue weighted by atomic mass is 10.1. The van der Waals surface area contributed by atoms with E-state index in [2.05, 4.69) is 73.4 Å². The summed E-state index contributed by atoms with van der Waals surface area (Å²) in [4.78, 5) is 2.40.